The number of nitrogens with zero attached hydrogens (tertiary/aromatic N) is 5. The van der Waals surface area contributed by atoms with Gasteiger partial charge in [0.05, 0.1) is 29.6 Å². The first kappa shape index (κ1) is 27.8. The van der Waals surface area contributed by atoms with Crippen molar-refractivity contribution in [2.45, 2.75) is 51.2 Å². The van der Waals surface area contributed by atoms with Crippen LogP contribution in [0.15, 0.2) is 48.5 Å². The number of aromatic nitrogens is 4. The molecule has 10 nitrogen and oxygen atoms in total. The lowest BCUT2D eigenvalue weighted by Gasteiger charge is -2.27. The number of amides is 1. The number of ether oxygens (including phenoxy) is 1. The van der Waals surface area contributed by atoms with Gasteiger partial charge in [-0.2, -0.15) is 0 Å². The molecule has 1 aliphatic heterocycles. The summed E-state index contributed by atoms with van der Waals surface area (Å²) in [5.41, 5.74) is 12.8. The molecular formula is C35H36N6O4. The van der Waals surface area contributed by atoms with Gasteiger partial charge in [0.15, 0.2) is 5.82 Å². The highest BCUT2D eigenvalue weighted by Crippen LogP contribution is 2.40. The van der Waals surface area contributed by atoms with Crippen LogP contribution in [0.2, 0.25) is 0 Å². The Morgan fingerprint density at radius 3 is 2.58 bits per heavy atom. The van der Waals surface area contributed by atoms with Crippen LogP contribution < -0.4 is 10.5 Å². The zero-order valence-electron chi connectivity index (χ0n) is 25.7. The molecule has 8 rings (SSSR count). The molecule has 0 radical (unpaired) electrons. The van der Waals surface area contributed by atoms with E-state index in [9.17, 15) is 14.7 Å². The van der Waals surface area contributed by atoms with E-state index in [0.717, 1.165) is 58.7 Å². The molecule has 2 unspecified atom stereocenters. The number of carboxylic acid groups (broad SMARTS) is 1. The average molecular weight is 605 g/mol. The quantitative estimate of drug-likeness (QED) is 0.260. The molecule has 1 saturated heterocycles. The van der Waals surface area contributed by atoms with Gasteiger partial charge in [0.25, 0.3) is 5.91 Å². The maximum Gasteiger partial charge on any atom is 0.335 e. The van der Waals surface area contributed by atoms with Crippen LogP contribution >= 0.6 is 0 Å². The van der Waals surface area contributed by atoms with Crippen molar-refractivity contribution in [3.8, 4) is 28.5 Å². The Bertz CT molecular complexity index is 2040. The number of carbonyl (C=O) groups is 2. The first-order valence-corrected chi connectivity index (χ1v) is 15.7. The molecule has 10 heteroatoms. The number of rotatable bonds is 7. The van der Waals surface area contributed by atoms with E-state index in [4.69, 9.17) is 20.4 Å². The van der Waals surface area contributed by atoms with Gasteiger partial charge in [-0.1, -0.05) is 12.1 Å². The third-order valence-electron chi connectivity index (χ3n) is 10.3. The molecule has 0 spiro atoms. The summed E-state index contributed by atoms with van der Waals surface area (Å²) in [5, 5.41) is 10.7. The first-order valence-electron chi connectivity index (χ1n) is 15.7. The van der Waals surface area contributed by atoms with E-state index in [0.29, 0.717) is 40.8 Å². The topological polar surface area (TPSA) is 129 Å². The normalized spacial score (nSPS) is 20.9. The summed E-state index contributed by atoms with van der Waals surface area (Å²) in [4.78, 5) is 37.7. The number of fused-ring (bicyclic) bond motifs is 4. The summed E-state index contributed by atoms with van der Waals surface area (Å²) in [5.74, 6) is 1.33. The molecule has 1 amide bonds. The highest BCUT2D eigenvalue weighted by molar-refractivity contribution is 6.00. The number of aromatic carboxylic acids is 1. The third kappa shape index (κ3) is 4.34. The van der Waals surface area contributed by atoms with Gasteiger partial charge < -0.3 is 29.6 Å². The van der Waals surface area contributed by atoms with Crippen molar-refractivity contribution in [3.05, 3.63) is 65.2 Å². The first-order chi connectivity index (χ1) is 21.7. The van der Waals surface area contributed by atoms with E-state index in [1.165, 1.54) is 12.8 Å². The van der Waals surface area contributed by atoms with Gasteiger partial charge in [-0.15, -0.1) is 0 Å². The van der Waals surface area contributed by atoms with E-state index in [1.54, 1.807) is 19.2 Å². The van der Waals surface area contributed by atoms with Crippen molar-refractivity contribution in [1.29, 1.82) is 0 Å². The van der Waals surface area contributed by atoms with Gasteiger partial charge in [-0.05, 0) is 86.4 Å². The second kappa shape index (κ2) is 10.2. The van der Waals surface area contributed by atoms with Crippen LogP contribution in [0, 0.1) is 18.8 Å². The Morgan fingerprint density at radius 1 is 1.07 bits per heavy atom. The molecule has 4 heterocycles. The summed E-state index contributed by atoms with van der Waals surface area (Å²) in [6.07, 6.45) is 4.38. The number of pyridine rings is 1. The van der Waals surface area contributed by atoms with Crippen LogP contribution in [0.4, 0.5) is 0 Å². The lowest BCUT2D eigenvalue weighted by atomic mass is 9.99. The second-order valence-corrected chi connectivity index (χ2v) is 13.0. The van der Waals surface area contributed by atoms with E-state index < -0.39 is 5.97 Å². The number of carbonyl (C=O) groups excluding carboxylic acids is 1. The molecule has 5 aromatic rings. The van der Waals surface area contributed by atoms with Crippen molar-refractivity contribution in [2.75, 3.05) is 13.7 Å². The number of likely N-dealkylation sites (tertiary alicyclic amines) is 1. The standard InChI is InChI=1S/C35H36N6O4/c1-18-23(5-4-6-24(18)35(43)44)25-11-9-20-14-28(40(32(20)37-25)16-19-7-8-19)33-38-26-13-22(15-29(45-3)31(26)39(33)2)34(42)41-17-21-10-12-27(41)30(21)36/h4-6,9,11,13-15,19,21,27,30H,7-8,10,12,16-17,36H2,1-3H3,(H,43,44)/t21?,27?,30-/m1/s1. The van der Waals surface area contributed by atoms with E-state index in [1.807, 2.05) is 53.8 Å². The van der Waals surface area contributed by atoms with Crippen molar-refractivity contribution >= 4 is 33.9 Å². The van der Waals surface area contributed by atoms with E-state index >= 15 is 0 Å². The lowest BCUT2D eigenvalue weighted by Crippen LogP contribution is -2.41. The number of carboxylic acids is 1. The minimum absolute atomic E-state index is 0.0214. The van der Waals surface area contributed by atoms with Crippen molar-refractivity contribution < 1.29 is 19.4 Å². The molecule has 45 heavy (non-hydrogen) atoms. The van der Waals surface area contributed by atoms with E-state index in [-0.39, 0.29) is 23.6 Å². The SMILES string of the molecule is COc1cc(C(=O)N2CC3CCC2[C@@H]3N)cc2nc(-c3cc4ccc(-c5cccc(C(=O)O)c5C)nc4n3CC3CC3)n(C)c12. The fraction of sp³-hybridized carbons (Fsp3) is 0.371. The maximum absolute atomic E-state index is 13.7. The molecule has 3 aromatic heterocycles. The van der Waals surface area contributed by atoms with Gasteiger partial charge in [0, 0.05) is 48.7 Å². The minimum Gasteiger partial charge on any atom is -0.494 e. The molecule has 3 N–H and O–H groups in total. The highest BCUT2D eigenvalue weighted by Gasteiger charge is 2.47. The molecule has 2 saturated carbocycles. The summed E-state index contributed by atoms with van der Waals surface area (Å²) >= 11 is 0. The molecule has 3 aliphatic rings. The second-order valence-electron chi connectivity index (χ2n) is 13.0. The summed E-state index contributed by atoms with van der Waals surface area (Å²) < 4.78 is 10.1. The Balaban J connectivity index is 1.25. The Kier molecular flexibility index (Phi) is 6.29. The van der Waals surface area contributed by atoms with Crippen LogP contribution in [0.25, 0.3) is 44.8 Å². The van der Waals surface area contributed by atoms with Crippen LogP contribution in [-0.4, -0.2) is 66.7 Å². The predicted octanol–water partition coefficient (Wildman–Crippen LogP) is 5.24. The van der Waals surface area contributed by atoms with Gasteiger partial charge in [0.2, 0.25) is 0 Å². The number of hydrogen-bond acceptors (Lipinski definition) is 6. The Morgan fingerprint density at radius 2 is 1.89 bits per heavy atom. The maximum atomic E-state index is 13.7. The number of methoxy groups -OCH3 is 1. The molecule has 3 atom stereocenters. The summed E-state index contributed by atoms with van der Waals surface area (Å²) in [7, 11) is 3.60. The predicted molar refractivity (Wildman–Crippen MR) is 171 cm³/mol. The van der Waals surface area contributed by atoms with E-state index in [2.05, 4.69) is 10.6 Å². The van der Waals surface area contributed by atoms with Gasteiger partial charge in [0.1, 0.15) is 16.9 Å². The molecule has 3 fully saturated rings. The number of piperidine rings is 1. The Labute approximate surface area is 260 Å². The van der Waals surface area contributed by atoms with Crippen molar-refractivity contribution in [2.24, 2.45) is 24.6 Å². The molecular weight excluding hydrogens is 568 g/mol. The van der Waals surface area contributed by atoms with Gasteiger partial charge in [-0.3, -0.25) is 4.79 Å². The van der Waals surface area contributed by atoms with Crippen LogP contribution in [-0.2, 0) is 13.6 Å². The summed E-state index contributed by atoms with van der Waals surface area (Å²) in [6.45, 7) is 3.34. The fourth-order valence-corrected chi connectivity index (χ4v) is 7.62. The van der Waals surface area contributed by atoms with Gasteiger partial charge in [-0.25, -0.2) is 14.8 Å². The van der Waals surface area contributed by atoms with Crippen LogP contribution in [0.5, 0.6) is 5.75 Å². The third-order valence-corrected chi connectivity index (χ3v) is 10.3. The fourth-order valence-electron chi connectivity index (χ4n) is 7.62. The van der Waals surface area contributed by atoms with Crippen molar-refractivity contribution in [3.63, 3.8) is 0 Å². The molecule has 230 valence electrons. The molecule has 2 aliphatic carbocycles. The minimum atomic E-state index is -0.951. The summed E-state index contributed by atoms with van der Waals surface area (Å²) in [6, 6.07) is 15.3. The molecule has 2 bridgehead atoms. The number of aryl methyl sites for hydroxylation is 1. The highest BCUT2D eigenvalue weighted by atomic mass is 16.5. The van der Waals surface area contributed by atoms with Gasteiger partial charge >= 0.3 is 5.97 Å². The lowest BCUT2D eigenvalue weighted by molar-refractivity contribution is 0.0689. The smallest absolute Gasteiger partial charge is 0.335 e. The number of nitrogens with two attached hydrogens (primary N) is 1. The number of hydrogen-bond donors (Lipinski definition) is 2. The molecule has 2 aromatic carbocycles. The van der Waals surface area contributed by atoms with Crippen molar-refractivity contribution in [1.82, 2.24) is 24.0 Å². The largest absolute Gasteiger partial charge is 0.494 e. The monoisotopic (exact) mass is 604 g/mol. The zero-order chi connectivity index (χ0) is 31.1. The Hall–Kier alpha value is -4.70. The average Bonchev–Trinajstić information content (AvgIpc) is 3.44. The number of imidazole rings is 1. The number of benzene rings is 2. The van der Waals surface area contributed by atoms with Crippen LogP contribution in [0.1, 0.15) is 52.0 Å². The van der Waals surface area contributed by atoms with Crippen LogP contribution in [0.3, 0.4) is 0 Å². The zero-order valence-corrected chi connectivity index (χ0v) is 25.7.